The van der Waals surface area contributed by atoms with E-state index in [1.54, 1.807) is 16.8 Å². The van der Waals surface area contributed by atoms with Crippen LogP contribution in [0.2, 0.25) is 0 Å². The molecule has 0 spiro atoms. The van der Waals surface area contributed by atoms with Crippen LogP contribution in [0.4, 0.5) is 10.5 Å². The van der Waals surface area contributed by atoms with E-state index in [0.29, 0.717) is 19.5 Å². The normalized spacial score (nSPS) is 20.9. The number of likely N-dealkylation sites (N-methyl/N-ethyl adjacent to an activating group) is 1. The van der Waals surface area contributed by atoms with Crippen LogP contribution in [0, 0.1) is 0 Å². The number of urea groups is 1. The summed E-state index contributed by atoms with van der Waals surface area (Å²) in [5.41, 5.74) is 0.898. The molecule has 136 valence electrons. The third kappa shape index (κ3) is 4.31. The van der Waals surface area contributed by atoms with E-state index in [4.69, 9.17) is 0 Å². The molecule has 2 aliphatic heterocycles. The number of anilines is 1. The smallest absolute Gasteiger partial charge is 0.317 e. The molecule has 0 unspecified atom stereocenters. The minimum absolute atomic E-state index is 0.000849. The van der Waals surface area contributed by atoms with Crippen molar-refractivity contribution in [2.75, 3.05) is 44.7 Å². The molecule has 1 aromatic carbocycles. The van der Waals surface area contributed by atoms with Crippen molar-refractivity contribution in [2.45, 2.75) is 31.7 Å². The number of nitrogens with zero attached hydrogens (tertiary/aromatic N) is 3. The van der Waals surface area contributed by atoms with Crippen molar-refractivity contribution in [3.63, 3.8) is 0 Å². The van der Waals surface area contributed by atoms with Crippen LogP contribution in [-0.4, -0.2) is 67.6 Å². The zero-order chi connectivity index (χ0) is 17.6. The van der Waals surface area contributed by atoms with Gasteiger partial charge in [0.05, 0.1) is 0 Å². The number of nitrogens with one attached hydrogen (secondary N) is 1. The zero-order valence-electron chi connectivity index (χ0n) is 15.0. The first-order valence-corrected chi connectivity index (χ1v) is 9.26. The van der Waals surface area contributed by atoms with Crippen molar-refractivity contribution < 1.29 is 9.59 Å². The summed E-state index contributed by atoms with van der Waals surface area (Å²) in [5, 5.41) is 2.95. The summed E-state index contributed by atoms with van der Waals surface area (Å²) in [6, 6.07) is 9.11. The minimum Gasteiger partial charge on any atom is -0.338 e. The molecule has 0 aromatic heterocycles. The molecular formula is C19H28N4O2. The zero-order valence-corrected chi connectivity index (χ0v) is 15.0. The Morgan fingerprint density at radius 3 is 2.64 bits per heavy atom. The number of carbonyl (C=O) groups is 2. The van der Waals surface area contributed by atoms with Crippen molar-refractivity contribution in [1.82, 2.24) is 15.1 Å². The highest BCUT2D eigenvalue weighted by molar-refractivity contribution is 6.01. The first-order valence-electron chi connectivity index (χ1n) is 9.26. The fourth-order valence-corrected chi connectivity index (χ4v) is 3.66. The predicted molar refractivity (Wildman–Crippen MR) is 98.7 cm³/mol. The van der Waals surface area contributed by atoms with Gasteiger partial charge < -0.3 is 20.0 Å². The largest absolute Gasteiger partial charge is 0.338 e. The van der Waals surface area contributed by atoms with Gasteiger partial charge in [-0.15, -0.1) is 0 Å². The Hall–Kier alpha value is -2.08. The van der Waals surface area contributed by atoms with Gasteiger partial charge in [0.25, 0.3) is 0 Å². The second kappa shape index (κ2) is 8.34. The molecule has 0 bridgehead atoms. The molecule has 1 N–H and O–H groups in total. The maximum absolute atomic E-state index is 12.7. The average Bonchev–Trinajstić information content (AvgIpc) is 3.28. The molecule has 1 atom stereocenters. The maximum atomic E-state index is 12.7. The summed E-state index contributed by atoms with van der Waals surface area (Å²) in [4.78, 5) is 30.8. The lowest BCUT2D eigenvalue weighted by Crippen LogP contribution is -2.47. The van der Waals surface area contributed by atoms with Crippen molar-refractivity contribution in [1.29, 1.82) is 0 Å². The molecule has 0 aliphatic carbocycles. The highest BCUT2D eigenvalue weighted by Gasteiger charge is 2.37. The Kier molecular flexibility index (Phi) is 5.91. The van der Waals surface area contributed by atoms with Crippen LogP contribution in [0.5, 0.6) is 0 Å². The average molecular weight is 344 g/mol. The second-order valence-corrected chi connectivity index (χ2v) is 6.88. The number of hydrogen-bond donors (Lipinski definition) is 1. The Bertz CT molecular complexity index is 586. The molecule has 1 aromatic rings. The molecular weight excluding hydrogens is 316 g/mol. The monoisotopic (exact) mass is 344 g/mol. The number of para-hydroxylation sites is 1. The lowest BCUT2D eigenvalue weighted by molar-refractivity contribution is -0.120. The number of rotatable bonds is 6. The number of hydrogen-bond acceptors (Lipinski definition) is 3. The van der Waals surface area contributed by atoms with Gasteiger partial charge in [0.15, 0.2) is 0 Å². The van der Waals surface area contributed by atoms with Gasteiger partial charge in [0.1, 0.15) is 6.04 Å². The molecule has 3 rings (SSSR count). The van der Waals surface area contributed by atoms with Gasteiger partial charge in [0, 0.05) is 25.8 Å². The number of carbonyl (C=O) groups excluding carboxylic acids is 2. The van der Waals surface area contributed by atoms with Gasteiger partial charge >= 0.3 is 6.03 Å². The molecule has 2 saturated heterocycles. The van der Waals surface area contributed by atoms with Gasteiger partial charge in [-0.25, -0.2) is 4.79 Å². The number of likely N-dealkylation sites (tertiary alicyclic amines) is 1. The van der Waals surface area contributed by atoms with E-state index in [2.05, 4.69) is 10.2 Å². The van der Waals surface area contributed by atoms with E-state index < -0.39 is 0 Å². The molecule has 0 radical (unpaired) electrons. The van der Waals surface area contributed by atoms with E-state index in [1.165, 1.54) is 25.9 Å². The van der Waals surface area contributed by atoms with Crippen LogP contribution in [-0.2, 0) is 4.79 Å². The molecule has 6 nitrogen and oxygen atoms in total. The topological polar surface area (TPSA) is 55.9 Å². The maximum Gasteiger partial charge on any atom is 0.317 e. The summed E-state index contributed by atoms with van der Waals surface area (Å²) in [6.45, 7) is 4.71. The third-order valence-electron chi connectivity index (χ3n) is 5.16. The summed E-state index contributed by atoms with van der Waals surface area (Å²) >= 11 is 0. The van der Waals surface area contributed by atoms with Crippen LogP contribution in [0.1, 0.15) is 25.7 Å². The van der Waals surface area contributed by atoms with Crippen molar-refractivity contribution >= 4 is 17.6 Å². The molecule has 0 saturated carbocycles. The lowest BCUT2D eigenvalue weighted by Gasteiger charge is -2.24. The van der Waals surface area contributed by atoms with Crippen LogP contribution in [0.25, 0.3) is 0 Å². The second-order valence-electron chi connectivity index (χ2n) is 6.88. The highest BCUT2D eigenvalue weighted by Crippen LogP contribution is 2.23. The fraction of sp³-hybridized carbons (Fsp3) is 0.579. The minimum atomic E-state index is -0.376. The Labute approximate surface area is 149 Å². The van der Waals surface area contributed by atoms with Crippen LogP contribution in [0.15, 0.2) is 30.3 Å². The SMILES string of the molecule is CN(C(=O)NCCCN1CCCC1)[C@@H]1CCN(c2ccccc2)C1=O. The van der Waals surface area contributed by atoms with E-state index in [9.17, 15) is 9.59 Å². The van der Waals surface area contributed by atoms with E-state index in [0.717, 1.165) is 18.7 Å². The number of benzene rings is 1. The van der Waals surface area contributed by atoms with Crippen molar-refractivity contribution in [2.24, 2.45) is 0 Å². The molecule has 25 heavy (non-hydrogen) atoms. The van der Waals surface area contributed by atoms with Gasteiger partial charge in [-0.1, -0.05) is 18.2 Å². The fourth-order valence-electron chi connectivity index (χ4n) is 3.66. The van der Waals surface area contributed by atoms with Gasteiger partial charge in [-0.05, 0) is 57.5 Å². The Morgan fingerprint density at radius 1 is 1.20 bits per heavy atom. The quantitative estimate of drug-likeness (QED) is 0.802. The van der Waals surface area contributed by atoms with E-state index >= 15 is 0 Å². The predicted octanol–water partition coefficient (Wildman–Crippen LogP) is 1.92. The molecule has 2 heterocycles. The van der Waals surface area contributed by atoms with Gasteiger partial charge in [-0.2, -0.15) is 0 Å². The van der Waals surface area contributed by atoms with Crippen LogP contribution in [0.3, 0.4) is 0 Å². The third-order valence-corrected chi connectivity index (χ3v) is 5.16. The summed E-state index contributed by atoms with van der Waals surface area (Å²) < 4.78 is 0. The first-order chi connectivity index (χ1) is 12.2. The summed E-state index contributed by atoms with van der Waals surface area (Å²) in [6.07, 6.45) is 4.20. The van der Waals surface area contributed by atoms with Crippen molar-refractivity contribution in [3.8, 4) is 0 Å². The first kappa shape index (κ1) is 17.7. The van der Waals surface area contributed by atoms with E-state index in [1.807, 2.05) is 30.3 Å². The highest BCUT2D eigenvalue weighted by atomic mass is 16.2. The van der Waals surface area contributed by atoms with Gasteiger partial charge in [0.2, 0.25) is 5.91 Å². The Balaban J connectivity index is 1.44. The van der Waals surface area contributed by atoms with Gasteiger partial charge in [-0.3, -0.25) is 4.79 Å². The summed E-state index contributed by atoms with van der Waals surface area (Å²) in [5.74, 6) is 0.000849. The van der Waals surface area contributed by atoms with Crippen LogP contribution < -0.4 is 10.2 Å². The lowest BCUT2D eigenvalue weighted by atomic mass is 10.2. The molecule has 3 amide bonds. The Morgan fingerprint density at radius 2 is 1.92 bits per heavy atom. The molecule has 2 aliphatic rings. The van der Waals surface area contributed by atoms with E-state index in [-0.39, 0.29) is 18.0 Å². The molecule has 6 heteroatoms. The molecule has 2 fully saturated rings. The standard InChI is InChI=1S/C19H28N4O2/c1-21(19(25)20-11-7-14-22-12-5-6-13-22)17-10-15-23(18(17)24)16-8-3-2-4-9-16/h2-4,8-9,17H,5-7,10-15H2,1H3,(H,20,25)/t17-/m1/s1. The van der Waals surface area contributed by atoms with Crippen molar-refractivity contribution in [3.05, 3.63) is 30.3 Å². The number of amides is 3. The summed E-state index contributed by atoms with van der Waals surface area (Å²) in [7, 11) is 1.72. The van der Waals surface area contributed by atoms with Crippen LogP contribution >= 0.6 is 0 Å².